The van der Waals surface area contributed by atoms with Gasteiger partial charge in [0.2, 0.25) is 0 Å². The number of benzene rings is 1. The molecule has 0 bridgehead atoms. The van der Waals surface area contributed by atoms with Gasteiger partial charge in [0.05, 0.1) is 11.0 Å². The molecule has 0 saturated heterocycles. The van der Waals surface area contributed by atoms with Crippen LogP contribution < -0.4 is 0 Å². The fourth-order valence-electron chi connectivity index (χ4n) is 2.03. The van der Waals surface area contributed by atoms with Crippen molar-refractivity contribution in [2.75, 3.05) is 0 Å². The first-order valence-electron chi connectivity index (χ1n) is 5.90. The number of fused-ring (bicyclic) bond motifs is 1. The number of halogens is 1. The van der Waals surface area contributed by atoms with Gasteiger partial charge >= 0.3 is 0 Å². The Morgan fingerprint density at radius 1 is 1.41 bits per heavy atom. The van der Waals surface area contributed by atoms with Crippen molar-refractivity contribution >= 4 is 22.6 Å². The Labute approximate surface area is 106 Å². The van der Waals surface area contributed by atoms with Crippen LogP contribution in [0.15, 0.2) is 18.2 Å². The predicted molar refractivity (Wildman–Crippen MR) is 70.4 cm³/mol. The van der Waals surface area contributed by atoms with E-state index in [9.17, 15) is 5.11 Å². The lowest BCUT2D eigenvalue weighted by atomic mass is 10.2. The molecule has 3 nitrogen and oxygen atoms in total. The molecule has 1 heterocycles. The highest BCUT2D eigenvalue weighted by molar-refractivity contribution is 6.31. The second kappa shape index (κ2) is 4.67. The quantitative estimate of drug-likeness (QED) is 0.904. The van der Waals surface area contributed by atoms with Gasteiger partial charge in [0.25, 0.3) is 0 Å². The van der Waals surface area contributed by atoms with Crippen LogP contribution in [0.2, 0.25) is 5.02 Å². The van der Waals surface area contributed by atoms with Crippen LogP contribution in [0, 0.1) is 0 Å². The van der Waals surface area contributed by atoms with Gasteiger partial charge in [0.1, 0.15) is 11.9 Å². The minimum Gasteiger partial charge on any atom is -0.385 e. The topological polar surface area (TPSA) is 38.0 Å². The first kappa shape index (κ1) is 12.4. The zero-order valence-electron chi connectivity index (χ0n) is 10.3. The monoisotopic (exact) mass is 252 g/mol. The minimum atomic E-state index is -0.574. The second-order valence-electron chi connectivity index (χ2n) is 4.41. The van der Waals surface area contributed by atoms with E-state index in [-0.39, 0.29) is 0 Å². The highest BCUT2D eigenvalue weighted by Gasteiger charge is 2.17. The standard InChI is InChI=1S/C13H17ClN2O/c1-4-8(2)16-12-6-5-10(14)7-11(12)15-13(16)9(3)17/h5-9,17H,4H2,1-3H3/t8-,9+/m0/s1. The number of aliphatic hydroxyl groups is 1. The van der Waals surface area contributed by atoms with Gasteiger partial charge in [-0.1, -0.05) is 18.5 Å². The molecule has 0 radical (unpaired) electrons. The lowest BCUT2D eigenvalue weighted by Crippen LogP contribution is -2.10. The van der Waals surface area contributed by atoms with Crippen molar-refractivity contribution in [2.24, 2.45) is 0 Å². The molecule has 1 N–H and O–H groups in total. The maximum atomic E-state index is 9.80. The fraction of sp³-hybridized carbons (Fsp3) is 0.462. The van der Waals surface area contributed by atoms with E-state index in [1.807, 2.05) is 18.2 Å². The highest BCUT2D eigenvalue weighted by atomic mass is 35.5. The van der Waals surface area contributed by atoms with Gasteiger partial charge in [-0.2, -0.15) is 0 Å². The molecule has 92 valence electrons. The summed E-state index contributed by atoms with van der Waals surface area (Å²) in [4.78, 5) is 4.47. The number of nitrogens with zero attached hydrogens (tertiary/aromatic N) is 2. The van der Waals surface area contributed by atoms with Crippen molar-refractivity contribution in [2.45, 2.75) is 39.3 Å². The van der Waals surface area contributed by atoms with Crippen molar-refractivity contribution in [3.63, 3.8) is 0 Å². The Kier molecular flexibility index (Phi) is 3.40. The van der Waals surface area contributed by atoms with E-state index >= 15 is 0 Å². The average Bonchev–Trinajstić information content (AvgIpc) is 2.66. The second-order valence-corrected chi connectivity index (χ2v) is 4.84. The molecule has 2 rings (SSSR count). The summed E-state index contributed by atoms with van der Waals surface area (Å²) in [6.45, 7) is 5.99. The Morgan fingerprint density at radius 2 is 2.12 bits per heavy atom. The van der Waals surface area contributed by atoms with E-state index < -0.39 is 6.10 Å². The summed E-state index contributed by atoms with van der Waals surface area (Å²) in [5.74, 6) is 0.705. The summed E-state index contributed by atoms with van der Waals surface area (Å²) in [5.41, 5.74) is 1.87. The van der Waals surface area contributed by atoms with Gasteiger partial charge in [0.15, 0.2) is 0 Å². The number of aromatic nitrogens is 2. The summed E-state index contributed by atoms with van der Waals surface area (Å²) < 4.78 is 2.09. The maximum Gasteiger partial charge on any atom is 0.138 e. The summed E-state index contributed by atoms with van der Waals surface area (Å²) >= 11 is 5.96. The molecular weight excluding hydrogens is 236 g/mol. The Morgan fingerprint density at radius 3 is 2.71 bits per heavy atom. The fourth-order valence-corrected chi connectivity index (χ4v) is 2.20. The van der Waals surface area contributed by atoms with E-state index in [4.69, 9.17) is 11.6 Å². The molecule has 0 aliphatic heterocycles. The highest BCUT2D eigenvalue weighted by Crippen LogP contribution is 2.28. The molecule has 0 spiro atoms. The number of aliphatic hydroxyl groups excluding tert-OH is 1. The van der Waals surface area contributed by atoms with Gasteiger partial charge in [-0.25, -0.2) is 4.98 Å². The molecule has 0 saturated carbocycles. The van der Waals surface area contributed by atoms with Gasteiger partial charge in [-0.3, -0.25) is 0 Å². The molecule has 0 amide bonds. The van der Waals surface area contributed by atoms with Crippen LogP contribution in [0.3, 0.4) is 0 Å². The first-order chi connectivity index (χ1) is 8.04. The van der Waals surface area contributed by atoms with Crippen LogP contribution in [-0.2, 0) is 0 Å². The lowest BCUT2D eigenvalue weighted by molar-refractivity contribution is 0.182. The number of hydrogen-bond donors (Lipinski definition) is 1. The van der Waals surface area contributed by atoms with Gasteiger partial charge in [-0.15, -0.1) is 0 Å². The Hall–Kier alpha value is -1.06. The third-order valence-corrected chi connectivity index (χ3v) is 3.32. The van der Waals surface area contributed by atoms with Crippen LogP contribution in [0.4, 0.5) is 0 Å². The summed E-state index contributed by atoms with van der Waals surface area (Å²) in [5, 5.41) is 10.5. The van der Waals surface area contributed by atoms with Crippen molar-refractivity contribution in [3.8, 4) is 0 Å². The predicted octanol–water partition coefficient (Wildman–Crippen LogP) is 3.71. The van der Waals surface area contributed by atoms with E-state index in [1.165, 1.54) is 0 Å². The van der Waals surface area contributed by atoms with Crippen LogP contribution in [0.5, 0.6) is 0 Å². The minimum absolute atomic E-state index is 0.311. The van der Waals surface area contributed by atoms with E-state index in [2.05, 4.69) is 23.4 Å². The lowest BCUT2D eigenvalue weighted by Gasteiger charge is -2.17. The Bertz CT molecular complexity index is 533. The van der Waals surface area contributed by atoms with Crippen LogP contribution in [0.1, 0.15) is 45.2 Å². The Balaban J connectivity index is 2.71. The van der Waals surface area contributed by atoms with Crippen molar-refractivity contribution in [3.05, 3.63) is 29.0 Å². The molecule has 1 aromatic heterocycles. The molecule has 4 heteroatoms. The van der Waals surface area contributed by atoms with E-state index in [1.54, 1.807) is 6.92 Å². The number of rotatable bonds is 3. The van der Waals surface area contributed by atoms with Gasteiger partial charge in [-0.05, 0) is 38.5 Å². The third-order valence-electron chi connectivity index (χ3n) is 3.08. The van der Waals surface area contributed by atoms with Crippen LogP contribution >= 0.6 is 11.6 Å². The van der Waals surface area contributed by atoms with E-state index in [0.717, 1.165) is 17.5 Å². The molecule has 2 aromatic rings. The van der Waals surface area contributed by atoms with Crippen molar-refractivity contribution in [1.82, 2.24) is 9.55 Å². The summed E-state index contributed by atoms with van der Waals surface area (Å²) in [6, 6.07) is 5.96. The van der Waals surface area contributed by atoms with Crippen molar-refractivity contribution in [1.29, 1.82) is 0 Å². The first-order valence-corrected chi connectivity index (χ1v) is 6.27. The molecule has 1 aromatic carbocycles. The molecule has 0 aliphatic carbocycles. The molecule has 0 unspecified atom stereocenters. The zero-order chi connectivity index (χ0) is 12.6. The van der Waals surface area contributed by atoms with Gasteiger partial charge < -0.3 is 9.67 Å². The normalized spacial score (nSPS) is 15.1. The molecule has 17 heavy (non-hydrogen) atoms. The van der Waals surface area contributed by atoms with Crippen LogP contribution in [0.25, 0.3) is 11.0 Å². The SMILES string of the molecule is CC[C@H](C)n1c([C@@H](C)O)nc2cc(Cl)ccc21. The average molecular weight is 253 g/mol. The molecule has 0 fully saturated rings. The summed E-state index contributed by atoms with van der Waals surface area (Å²) in [6.07, 6.45) is 0.420. The van der Waals surface area contributed by atoms with Crippen LogP contribution in [-0.4, -0.2) is 14.7 Å². The third kappa shape index (κ3) is 2.17. The number of imidazole rings is 1. The maximum absolute atomic E-state index is 9.80. The molecule has 2 atom stereocenters. The van der Waals surface area contributed by atoms with Crippen molar-refractivity contribution < 1.29 is 5.11 Å². The zero-order valence-corrected chi connectivity index (χ0v) is 11.1. The summed E-state index contributed by atoms with van der Waals surface area (Å²) in [7, 11) is 0. The number of hydrogen-bond acceptors (Lipinski definition) is 2. The van der Waals surface area contributed by atoms with E-state index in [0.29, 0.717) is 16.9 Å². The largest absolute Gasteiger partial charge is 0.385 e. The smallest absolute Gasteiger partial charge is 0.138 e. The van der Waals surface area contributed by atoms with Gasteiger partial charge in [0, 0.05) is 11.1 Å². The molecular formula is C13H17ClN2O. The molecule has 0 aliphatic rings.